The van der Waals surface area contributed by atoms with Crippen LogP contribution in [-0.4, -0.2) is 21.8 Å². The van der Waals surface area contributed by atoms with Gasteiger partial charge in [0.15, 0.2) is 0 Å². The largest absolute Gasteiger partial charge is 0.341 e. The minimum absolute atomic E-state index is 0.0711. The summed E-state index contributed by atoms with van der Waals surface area (Å²) in [5.74, 6) is -0.0907. The molecule has 0 aliphatic heterocycles. The van der Waals surface area contributed by atoms with Crippen molar-refractivity contribution in [1.29, 1.82) is 0 Å². The number of hydrogen-bond acceptors (Lipinski definition) is 3. The number of nitrogens with zero attached hydrogens (tertiary/aromatic N) is 1. The van der Waals surface area contributed by atoms with Crippen LogP contribution in [0.1, 0.15) is 42.6 Å². The van der Waals surface area contributed by atoms with Gasteiger partial charge in [0, 0.05) is 17.3 Å². The molecule has 6 heteroatoms. The zero-order chi connectivity index (χ0) is 16.1. The van der Waals surface area contributed by atoms with Gasteiger partial charge in [-0.05, 0) is 31.0 Å². The van der Waals surface area contributed by atoms with Crippen LogP contribution in [0.3, 0.4) is 0 Å². The molecule has 0 unspecified atom stereocenters. The standard InChI is InChI=1S/C17H20N4O2/c22-16(12-5-2-1-3-6-12)20-13-7-4-8-14(9-13)21-17(23)15-10-18-11-19-15/h4,7-12H,1-3,5-6H2,(H,18,19)(H,20,22)(H,21,23). The second-order valence-electron chi connectivity index (χ2n) is 5.82. The van der Waals surface area contributed by atoms with E-state index in [1.54, 1.807) is 18.2 Å². The average molecular weight is 312 g/mol. The van der Waals surface area contributed by atoms with Crippen LogP contribution < -0.4 is 10.6 Å². The fourth-order valence-corrected chi connectivity index (χ4v) is 2.86. The molecule has 1 aliphatic rings. The third-order valence-electron chi connectivity index (χ3n) is 4.11. The summed E-state index contributed by atoms with van der Waals surface area (Å²) in [4.78, 5) is 30.8. The van der Waals surface area contributed by atoms with Gasteiger partial charge in [0.2, 0.25) is 5.91 Å². The molecule has 0 spiro atoms. The van der Waals surface area contributed by atoms with Crippen molar-refractivity contribution in [2.24, 2.45) is 5.92 Å². The molecule has 6 nitrogen and oxygen atoms in total. The lowest BCUT2D eigenvalue weighted by Crippen LogP contribution is -2.24. The highest BCUT2D eigenvalue weighted by atomic mass is 16.2. The number of carbonyl (C=O) groups is 2. The van der Waals surface area contributed by atoms with Crippen LogP contribution in [0.2, 0.25) is 0 Å². The van der Waals surface area contributed by atoms with Gasteiger partial charge in [-0.2, -0.15) is 0 Å². The van der Waals surface area contributed by atoms with Gasteiger partial charge in [-0.1, -0.05) is 25.3 Å². The second kappa shape index (κ2) is 7.09. The zero-order valence-corrected chi connectivity index (χ0v) is 12.8. The van der Waals surface area contributed by atoms with Crippen molar-refractivity contribution in [3.05, 3.63) is 42.5 Å². The topological polar surface area (TPSA) is 86.9 Å². The van der Waals surface area contributed by atoms with E-state index in [0.717, 1.165) is 25.7 Å². The van der Waals surface area contributed by atoms with Crippen molar-refractivity contribution >= 4 is 23.2 Å². The van der Waals surface area contributed by atoms with E-state index in [1.165, 1.54) is 18.9 Å². The maximum absolute atomic E-state index is 12.3. The quantitative estimate of drug-likeness (QED) is 0.810. The number of rotatable bonds is 4. The molecule has 0 atom stereocenters. The number of H-pyrrole nitrogens is 1. The Morgan fingerprint density at radius 2 is 1.83 bits per heavy atom. The SMILES string of the molecule is O=C(Nc1cccc(NC(=O)C2CCCCC2)c1)c1cnc[nH]1. The number of carbonyl (C=O) groups excluding carboxylic acids is 2. The fourth-order valence-electron chi connectivity index (χ4n) is 2.86. The van der Waals surface area contributed by atoms with E-state index in [9.17, 15) is 9.59 Å². The summed E-state index contributed by atoms with van der Waals surface area (Å²) in [6.45, 7) is 0. The minimum Gasteiger partial charge on any atom is -0.341 e. The molecule has 2 aromatic rings. The summed E-state index contributed by atoms with van der Waals surface area (Å²) >= 11 is 0. The van der Waals surface area contributed by atoms with Crippen LogP contribution in [0.25, 0.3) is 0 Å². The van der Waals surface area contributed by atoms with Crippen molar-refractivity contribution in [1.82, 2.24) is 9.97 Å². The smallest absolute Gasteiger partial charge is 0.273 e. The van der Waals surface area contributed by atoms with Gasteiger partial charge < -0.3 is 15.6 Å². The second-order valence-corrected chi connectivity index (χ2v) is 5.82. The highest BCUT2D eigenvalue weighted by Gasteiger charge is 2.21. The third kappa shape index (κ3) is 3.97. The fraction of sp³-hybridized carbons (Fsp3) is 0.353. The molecule has 1 fully saturated rings. The summed E-state index contributed by atoms with van der Waals surface area (Å²) in [6.07, 6.45) is 8.31. The van der Waals surface area contributed by atoms with Crippen molar-refractivity contribution in [2.45, 2.75) is 32.1 Å². The maximum atomic E-state index is 12.3. The molecule has 1 aromatic heterocycles. The first-order chi connectivity index (χ1) is 11.2. The number of hydrogen-bond donors (Lipinski definition) is 3. The molecular weight excluding hydrogens is 292 g/mol. The zero-order valence-electron chi connectivity index (χ0n) is 12.8. The Bertz CT molecular complexity index is 676. The van der Waals surface area contributed by atoms with E-state index in [4.69, 9.17) is 0 Å². The van der Waals surface area contributed by atoms with E-state index in [-0.39, 0.29) is 17.7 Å². The normalized spacial score (nSPS) is 15.1. The van der Waals surface area contributed by atoms with Crippen molar-refractivity contribution in [3.8, 4) is 0 Å². The Morgan fingerprint density at radius 3 is 2.52 bits per heavy atom. The molecule has 0 saturated heterocycles. The molecule has 0 bridgehead atoms. The Labute approximate surface area is 134 Å². The predicted molar refractivity (Wildman–Crippen MR) is 88.2 cm³/mol. The first-order valence-electron chi connectivity index (χ1n) is 7.93. The predicted octanol–water partition coefficient (Wildman–Crippen LogP) is 3.18. The third-order valence-corrected chi connectivity index (χ3v) is 4.11. The number of nitrogens with one attached hydrogen (secondary N) is 3. The van der Waals surface area contributed by atoms with Gasteiger partial charge in [-0.3, -0.25) is 9.59 Å². The van der Waals surface area contributed by atoms with Gasteiger partial charge in [-0.15, -0.1) is 0 Å². The Kier molecular flexibility index (Phi) is 4.71. The Balaban J connectivity index is 1.62. The number of imidazole rings is 1. The average Bonchev–Trinajstić information content (AvgIpc) is 3.10. The number of amides is 2. The van der Waals surface area contributed by atoms with Gasteiger partial charge >= 0.3 is 0 Å². The van der Waals surface area contributed by atoms with E-state index in [0.29, 0.717) is 17.1 Å². The van der Waals surface area contributed by atoms with Crippen molar-refractivity contribution in [3.63, 3.8) is 0 Å². The first-order valence-corrected chi connectivity index (χ1v) is 7.93. The molecule has 1 aliphatic carbocycles. The maximum Gasteiger partial charge on any atom is 0.273 e. The van der Waals surface area contributed by atoms with Crippen molar-refractivity contribution < 1.29 is 9.59 Å². The van der Waals surface area contributed by atoms with Gasteiger partial charge in [0.25, 0.3) is 5.91 Å². The summed E-state index contributed by atoms with van der Waals surface area (Å²) < 4.78 is 0. The van der Waals surface area contributed by atoms with Gasteiger partial charge in [-0.25, -0.2) is 4.98 Å². The summed E-state index contributed by atoms with van der Waals surface area (Å²) in [7, 11) is 0. The van der Waals surface area contributed by atoms with Crippen LogP contribution in [0.4, 0.5) is 11.4 Å². The molecule has 3 rings (SSSR count). The minimum atomic E-state index is -0.266. The Hall–Kier alpha value is -2.63. The van der Waals surface area contributed by atoms with Crippen LogP contribution in [0.5, 0.6) is 0 Å². The number of anilines is 2. The van der Waals surface area contributed by atoms with Crippen LogP contribution in [-0.2, 0) is 4.79 Å². The monoisotopic (exact) mass is 312 g/mol. The molecular formula is C17H20N4O2. The highest BCUT2D eigenvalue weighted by molar-refractivity contribution is 6.03. The molecule has 23 heavy (non-hydrogen) atoms. The Morgan fingerprint density at radius 1 is 1.09 bits per heavy atom. The van der Waals surface area contributed by atoms with E-state index < -0.39 is 0 Å². The van der Waals surface area contributed by atoms with Crippen molar-refractivity contribution in [2.75, 3.05) is 10.6 Å². The summed E-state index contributed by atoms with van der Waals surface area (Å²) in [6, 6.07) is 7.17. The van der Waals surface area contributed by atoms with Crippen LogP contribution in [0.15, 0.2) is 36.8 Å². The van der Waals surface area contributed by atoms with E-state index in [1.807, 2.05) is 6.07 Å². The summed E-state index contributed by atoms with van der Waals surface area (Å²) in [5, 5.41) is 5.73. The molecule has 0 radical (unpaired) electrons. The molecule has 1 saturated carbocycles. The van der Waals surface area contributed by atoms with Crippen LogP contribution in [0, 0.1) is 5.92 Å². The molecule has 3 N–H and O–H groups in total. The van der Waals surface area contributed by atoms with Gasteiger partial charge in [0.05, 0.1) is 12.5 Å². The first kappa shape index (κ1) is 15.3. The lowest BCUT2D eigenvalue weighted by Gasteiger charge is -2.20. The van der Waals surface area contributed by atoms with Crippen LogP contribution >= 0.6 is 0 Å². The highest BCUT2D eigenvalue weighted by Crippen LogP contribution is 2.25. The van der Waals surface area contributed by atoms with E-state index >= 15 is 0 Å². The lowest BCUT2D eigenvalue weighted by atomic mass is 9.88. The lowest BCUT2D eigenvalue weighted by molar-refractivity contribution is -0.120. The number of aromatic amines is 1. The molecule has 1 heterocycles. The number of benzene rings is 1. The van der Waals surface area contributed by atoms with E-state index in [2.05, 4.69) is 20.6 Å². The number of aromatic nitrogens is 2. The van der Waals surface area contributed by atoms with Gasteiger partial charge in [0.1, 0.15) is 5.69 Å². The molecule has 2 amide bonds. The molecule has 120 valence electrons. The summed E-state index contributed by atoms with van der Waals surface area (Å²) in [5.41, 5.74) is 1.72. The molecule has 1 aromatic carbocycles.